The number of nitrogens with zero attached hydrogens (tertiary/aromatic N) is 3. The molecule has 0 saturated heterocycles. The van der Waals surface area contributed by atoms with Crippen LogP contribution in [0.4, 0.5) is 38.1 Å². The average Bonchev–Trinajstić information content (AvgIpc) is 3.10. The molecule has 35 heavy (non-hydrogen) atoms. The van der Waals surface area contributed by atoms with Crippen LogP contribution in [0.1, 0.15) is 18.1 Å². The molecule has 2 amide bonds. The van der Waals surface area contributed by atoms with Gasteiger partial charge in [0.05, 0.1) is 22.6 Å². The summed E-state index contributed by atoms with van der Waals surface area (Å²) < 4.78 is 67.4. The van der Waals surface area contributed by atoms with Crippen molar-refractivity contribution in [3.63, 3.8) is 0 Å². The largest absolute Gasteiger partial charge is 0.416 e. The number of aldehydes is 1. The van der Waals surface area contributed by atoms with E-state index in [0.717, 1.165) is 6.07 Å². The number of aliphatic imine (C=N–C) groups is 1. The van der Waals surface area contributed by atoms with Crippen LogP contribution in [0.2, 0.25) is 0 Å². The van der Waals surface area contributed by atoms with Gasteiger partial charge in [-0.05, 0) is 48.9 Å². The number of benzene rings is 2. The molecule has 0 aromatic heterocycles. The molecular weight excluding hydrogens is 475 g/mol. The van der Waals surface area contributed by atoms with Gasteiger partial charge in [-0.1, -0.05) is 6.07 Å². The zero-order valence-electron chi connectivity index (χ0n) is 17.9. The minimum atomic E-state index is -4.75. The van der Waals surface area contributed by atoms with Gasteiger partial charge < -0.3 is 16.4 Å². The lowest BCUT2D eigenvalue weighted by molar-refractivity contribution is -0.137. The highest BCUT2D eigenvalue weighted by Crippen LogP contribution is 2.42. The summed E-state index contributed by atoms with van der Waals surface area (Å²) in [5, 5.41) is 9.49. The van der Waals surface area contributed by atoms with Crippen molar-refractivity contribution >= 4 is 35.9 Å². The van der Waals surface area contributed by atoms with Gasteiger partial charge >= 0.3 is 12.2 Å². The number of nitrogens with one attached hydrogen (secondary N) is 2. The minimum Gasteiger partial charge on any atom is -0.385 e. The molecule has 0 aliphatic carbocycles. The maximum atomic E-state index is 14.9. The Balaban J connectivity index is 1.56. The number of halogens is 5. The fourth-order valence-electron chi connectivity index (χ4n) is 3.99. The highest BCUT2D eigenvalue weighted by molar-refractivity contribution is 6.00. The molecule has 2 atom stereocenters. The number of urea groups is 1. The fourth-order valence-corrected chi connectivity index (χ4v) is 3.99. The smallest absolute Gasteiger partial charge is 0.385 e. The van der Waals surface area contributed by atoms with Crippen molar-refractivity contribution in [2.24, 2.45) is 15.8 Å². The third-order valence-electron chi connectivity index (χ3n) is 5.69. The lowest BCUT2D eigenvalue weighted by atomic mass is 9.76. The Morgan fingerprint density at radius 3 is 2.49 bits per heavy atom. The number of fused-ring (bicyclic) bond motifs is 1. The van der Waals surface area contributed by atoms with Gasteiger partial charge in [0.25, 0.3) is 0 Å². The predicted octanol–water partition coefficient (Wildman–Crippen LogP) is 3.97. The van der Waals surface area contributed by atoms with Crippen molar-refractivity contribution in [3.8, 4) is 0 Å². The van der Waals surface area contributed by atoms with Crippen LogP contribution in [0.5, 0.6) is 0 Å². The highest BCUT2D eigenvalue weighted by Gasteiger charge is 2.48. The Hall–Kier alpha value is -4.29. The summed E-state index contributed by atoms with van der Waals surface area (Å²) in [5.41, 5.74) is 3.38. The van der Waals surface area contributed by atoms with E-state index >= 15 is 0 Å². The summed E-state index contributed by atoms with van der Waals surface area (Å²) in [6, 6.07) is 3.45. The van der Waals surface area contributed by atoms with E-state index in [1.54, 1.807) is 13.0 Å². The van der Waals surface area contributed by atoms with Gasteiger partial charge in [-0.3, -0.25) is 4.79 Å². The van der Waals surface area contributed by atoms with Gasteiger partial charge in [-0.15, -0.1) is 0 Å². The van der Waals surface area contributed by atoms with Crippen LogP contribution in [0, 0.1) is 11.6 Å². The summed E-state index contributed by atoms with van der Waals surface area (Å²) in [6.45, 7) is 1.70. The molecule has 4 rings (SSSR count). The number of amides is 2. The van der Waals surface area contributed by atoms with E-state index < -0.39 is 46.5 Å². The van der Waals surface area contributed by atoms with E-state index in [1.807, 2.05) is 5.32 Å². The van der Waals surface area contributed by atoms with Crippen LogP contribution >= 0.6 is 0 Å². The van der Waals surface area contributed by atoms with E-state index in [-0.39, 0.29) is 17.2 Å². The molecule has 8 nitrogen and oxygen atoms in total. The van der Waals surface area contributed by atoms with Gasteiger partial charge in [0.2, 0.25) is 0 Å². The molecule has 2 heterocycles. The number of alkyl halides is 3. The van der Waals surface area contributed by atoms with Gasteiger partial charge in [0, 0.05) is 5.41 Å². The first kappa shape index (κ1) is 23.9. The van der Waals surface area contributed by atoms with E-state index in [0.29, 0.717) is 30.0 Å². The van der Waals surface area contributed by atoms with Crippen LogP contribution in [-0.4, -0.2) is 35.5 Å². The number of allylic oxidation sites excluding steroid dienone is 1. The van der Waals surface area contributed by atoms with Crippen molar-refractivity contribution in [1.29, 1.82) is 0 Å². The van der Waals surface area contributed by atoms with Crippen molar-refractivity contribution in [3.05, 3.63) is 70.9 Å². The van der Waals surface area contributed by atoms with Crippen LogP contribution in [0.25, 0.3) is 0 Å². The van der Waals surface area contributed by atoms with E-state index in [9.17, 15) is 31.5 Å². The topological polar surface area (TPSA) is 112 Å². The first-order chi connectivity index (χ1) is 16.4. The second kappa shape index (κ2) is 8.49. The second-order valence-electron chi connectivity index (χ2n) is 7.97. The number of hydrazone groups is 1. The summed E-state index contributed by atoms with van der Waals surface area (Å²) in [7, 11) is 0. The maximum absolute atomic E-state index is 14.9. The Morgan fingerprint density at radius 1 is 1.11 bits per heavy atom. The van der Waals surface area contributed by atoms with Crippen molar-refractivity contribution in [2.75, 3.05) is 10.6 Å². The molecular formula is C22H17F5N6O2. The summed E-state index contributed by atoms with van der Waals surface area (Å²) in [5.74, 6) is -1.84. The first-order valence-electron chi connectivity index (χ1n) is 10.0. The lowest BCUT2D eigenvalue weighted by Crippen LogP contribution is -2.50. The zero-order chi connectivity index (χ0) is 25.5. The van der Waals surface area contributed by atoms with Crippen molar-refractivity contribution in [2.45, 2.75) is 24.6 Å². The number of nitrogens with two attached hydrogens (primary N) is 1. The Bertz CT molecular complexity index is 1310. The standard InChI is InChI=1S/C22H17F5N6O2/c1-21(8-13(9-34)33-18(21)19(28)29-10-30-33)11-3-5-16(15(24)6-11)31-20(35)32-17-7-12(22(25,26)27)2-4-14(17)23/h2-10,18H,1H3,(H2,28,29,30)(H2,31,32,35). The number of anilines is 2. The van der Waals surface area contributed by atoms with Gasteiger partial charge in [-0.2, -0.15) is 18.3 Å². The SMILES string of the molecule is CC1(c2ccc(NC(=O)Nc3cc(C(F)(F)F)ccc3F)c(F)c2)C=C(C=O)N2N=CN=C(N)C21. The van der Waals surface area contributed by atoms with Crippen LogP contribution in [0.15, 0.2) is 58.3 Å². The maximum Gasteiger partial charge on any atom is 0.416 e. The minimum absolute atomic E-state index is 0.153. The Labute approximate surface area is 195 Å². The molecule has 4 N–H and O–H groups in total. The quantitative estimate of drug-likeness (QED) is 0.443. The summed E-state index contributed by atoms with van der Waals surface area (Å²) >= 11 is 0. The number of amidine groups is 1. The molecule has 2 aromatic carbocycles. The van der Waals surface area contributed by atoms with Gasteiger partial charge in [-0.25, -0.2) is 23.6 Å². The van der Waals surface area contributed by atoms with Crippen molar-refractivity contribution < 1.29 is 31.5 Å². The molecule has 2 aliphatic heterocycles. The highest BCUT2D eigenvalue weighted by atomic mass is 19.4. The van der Waals surface area contributed by atoms with Gasteiger partial charge in [0.1, 0.15) is 29.9 Å². The molecule has 0 radical (unpaired) electrons. The Morgan fingerprint density at radius 2 is 1.83 bits per heavy atom. The molecule has 182 valence electrons. The fraction of sp³-hybridized carbons (Fsp3) is 0.182. The monoisotopic (exact) mass is 492 g/mol. The normalized spacial score (nSPS) is 21.2. The van der Waals surface area contributed by atoms with E-state index in [1.165, 1.54) is 23.5 Å². The van der Waals surface area contributed by atoms with Crippen LogP contribution in [0.3, 0.4) is 0 Å². The number of rotatable bonds is 4. The average molecular weight is 492 g/mol. The number of hydrogen-bond acceptors (Lipinski definition) is 6. The molecule has 2 aliphatic rings. The lowest BCUT2D eigenvalue weighted by Gasteiger charge is -2.35. The Kier molecular flexibility index (Phi) is 5.79. The van der Waals surface area contributed by atoms with Crippen LogP contribution in [-0.2, 0) is 16.4 Å². The first-order valence-corrected chi connectivity index (χ1v) is 10.0. The molecule has 0 saturated carbocycles. The van der Waals surface area contributed by atoms with E-state index in [2.05, 4.69) is 15.4 Å². The second-order valence-corrected chi connectivity index (χ2v) is 7.97. The zero-order valence-corrected chi connectivity index (χ0v) is 17.9. The van der Waals surface area contributed by atoms with Crippen molar-refractivity contribution in [1.82, 2.24) is 5.01 Å². The third kappa shape index (κ3) is 4.32. The number of hydrogen-bond donors (Lipinski definition) is 3. The molecule has 0 fully saturated rings. The predicted molar refractivity (Wildman–Crippen MR) is 118 cm³/mol. The molecule has 0 spiro atoms. The summed E-state index contributed by atoms with van der Waals surface area (Å²) in [6.07, 6.45) is -1.41. The third-order valence-corrected chi connectivity index (χ3v) is 5.69. The number of carbonyl (C=O) groups is 2. The molecule has 2 aromatic rings. The molecule has 2 unspecified atom stereocenters. The van der Waals surface area contributed by atoms with E-state index in [4.69, 9.17) is 5.73 Å². The van der Waals surface area contributed by atoms with Crippen LogP contribution < -0.4 is 16.4 Å². The summed E-state index contributed by atoms with van der Waals surface area (Å²) in [4.78, 5) is 27.7. The molecule has 13 heteroatoms. The number of carbonyl (C=O) groups excluding carboxylic acids is 2. The molecule has 0 bridgehead atoms. The van der Waals surface area contributed by atoms with Gasteiger partial charge in [0.15, 0.2) is 6.29 Å².